The zero-order valence-electron chi connectivity index (χ0n) is 14.3. The standard InChI is InChI=1S/C17H27N5O/c1-4-18-17(23)22-10-7-12(2)15(11-22)21(3)14-6-9-20-16-13(14)5-8-19-16/h6,9,12,15H,4-5,7-8,10-11H2,1-3H3,(H,18,23)(H,19,20)/t12-,15?/m1/s1. The van der Waals surface area contributed by atoms with Gasteiger partial charge in [0.15, 0.2) is 0 Å². The molecule has 0 aromatic carbocycles. The lowest BCUT2D eigenvalue weighted by Gasteiger charge is -2.43. The number of hydrogen-bond donors (Lipinski definition) is 2. The van der Waals surface area contributed by atoms with Crippen molar-refractivity contribution in [2.75, 3.05) is 43.4 Å². The molecule has 0 aliphatic carbocycles. The van der Waals surface area contributed by atoms with E-state index in [-0.39, 0.29) is 6.03 Å². The highest BCUT2D eigenvalue weighted by Crippen LogP contribution is 2.33. The molecule has 0 radical (unpaired) electrons. The molecule has 2 aliphatic heterocycles. The van der Waals surface area contributed by atoms with Crippen molar-refractivity contribution < 1.29 is 4.79 Å². The first-order valence-electron chi connectivity index (χ1n) is 8.59. The predicted molar refractivity (Wildman–Crippen MR) is 93.0 cm³/mol. The third-order valence-corrected chi connectivity index (χ3v) is 5.11. The first-order chi connectivity index (χ1) is 11.1. The van der Waals surface area contributed by atoms with E-state index >= 15 is 0 Å². The van der Waals surface area contributed by atoms with Crippen molar-refractivity contribution in [2.24, 2.45) is 5.92 Å². The lowest BCUT2D eigenvalue weighted by atomic mass is 9.92. The molecule has 1 fully saturated rings. The second-order valence-corrected chi connectivity index (χ2v) is 6.56. The lowest BCUT2D eigenvalue weighted by Crippen LogP contribution is -2.54. The van der Waals surface area contributed by atoms with Crippen molar-refractivity contribution in [3.8, 4) is 0 Å². The largest absolute Gasteiger partial charge is 0.369 e. The summed E-state index contributed by atoms with van der Waals surface area (Å²) >= 11 is 0. The first kappa shape index (κ1) is 15.9. The van der Waals surface area contributed by atoms with E-state index in [9.17, 15) is 4.79 Å². The van der Waals surface area contributed by atoms with Crippen LogP contribution in [0.4, 0.5) is 16.3 Å². The molecule has 1 unspecified atom stereocenters. The molecular formula is C17H27N5O. The van der Waals surface area contributed by atoms with Gasteiger partial charge in [-0.05, 0) is 31.7 Å². The van der Waals surface area contributed by atoms with Gasteiger partial charge in [-0.2, -0.15) is 0 Å². The summed E-state index contributed by atoms with van der Waals surface area (Å²) in [6.45, 7) is 7.49. The topological polar surface area (TPSA) is 60.5 Å². The van der Waals surface area contributed by atoms with Crippen molar-refractivity contribution in [1.29, 1.82) is 0 Å². The van der Waals surface area contributed by atoms with E-state index in [0.717, 1.165) is 38.3 Å². The Morgan fingerprint density at radius 1 is 1.57 bits per heavy atom. The summed E-state index contributed by atoms with van der Waals surface area (Å²) in [7, 11) is 2.15. The van der Waals surface area contributed by atoms with E-state index in [4.69, 9.17) is 0 Å². The molecule has 1 aromatic heterocycles. The number of nitrogens with zero attached hydrogens (tertiary/aromatic N) is 3. The fourth-order valence-corrected chi connectivity index (χ4v) is 3.70. The Morgan fingerprint density at radius 3 is 3.17 bits per heavy atom. The number of likely N-dealkylation sites (N-methyl/N-ethyl adjacent to an activating group) is 1. The molecular weight excluding hydrogens is 290 g/mol. The highest BCUT2D eigenvalue weighted by atomic mass is 16.2. The fraction of sp³-hybridized carbons (Fsp3) is 0.647. The van der Waals surface area contributed by atoms with Gasteiger partial charge < -0.3 is 20.4 Å². The Balaban J connectivity index is 1.79. The smallest absolute Gasteiger partial charge is 0.317 e. The van der Waals surface area contributed by atoms with Crippen LogP contribution >= 0.6 is 0 Å². The number of amides is 2. The first-order valence-corrected chi connectivity index (χ1v) is 8.59. The van der Waals surface area contributed by atoms with Gasteiger partial charge in [0.1, 0.15) is 5.82 Å². The number of aromatic nitrogens is 1. The molecule has 2 amide bonds. The average molecular weight is 317 g/mol. The fourth-order valence-electron chi connectivity index (χ4n) is 3.70. The van der Waals surface area contributed by atoms with Crippen LogP contribution in [0.25, 0.3) is 0 Å². The molecule has 0 saturated carbocycles. The van der Waals surface area contributed by atoms with E-state index < -0.39 is 0 Å². The molecule has 2 aliphatic rings. The molecule has 2 atom stereocenters. The number of pyridine rings is 1. The predicted octanol–water partition coefficient (Wildman–Crippen LogP) is 1.93. The van der Waals surface area contributed by atoms with E-state index in [2.05, 4.69) is 40.6 Å². The van der Waals surface area contributed by atoms with Gasteiger partial charge in [0.25, 0.3) is 0 Å². The van der Waals surface area contributed by atoms with Crippen LogP contribution in [0.15, 0.2) is 12.3 Å². The summed E-state index contributed by atoms with van der Waals surface area (Å²) in [4.78, 5) is 20.9. The minimum atomic E-state index is 0.0550. The Labute approximate surface area is 138 Å². The minimum Gasteiger partial charge on any atom is -0.369 e. The summed E-state index contributed by atoms with van der Waals surface area (Å²) < 4.78 is 0. The van der Waals surface area contributed by atoms with Gasteiger partial charge in [0.2, 0.25) is 0 Å². The average Bonchev–Trinajstić information content (AvgIpc) is 3.03. The van der Waals surface area contributed by atoms with Gasteiger partial charge in [-0.1, -0.05) is 6.92 Å². The van der Waals surface area contributed by atoms with Gasteiger partial charge in [0, 0.05) is 56.7 Å². The molecule has 126 valence electrons. The number of likely N-dealkylation sites (tertiary alicyclic amines) is 1. The van der Waals surface area contributed by atoms with E-state index in [0.29, 0.717) is 18.5 Å². The number of rotatable bonds is 3. The number of urea groups is 1. The second-order valence-electron chi connectivity index (χ2n) is 6.56. The number of carbonyl (C=O) groups excluding carboxylic acids is 1. The molecule has 1 aromatic rings. The van der Waals surface area contributed by atoms with Crippen LogP contribution in [0, 0.1) is 5.92 Å². The third kappa shape index (κ3) is 3.07. The van der Waals surface area contributed by atoms with Crippen LogP contribution in [0.2, 0.25) is 0 Å². The summed E-state index contributed by atoms with van der Waals surface area (Å²) in [6.07, 6.45) is 3.93. The number of hydrogen-bond acceptors (Lipinski definition) is 4. The highest BCUT2D eigenvalue weighted by Gasteiger charge is 2.32. The van der Waals surface area contributed by atoms with Crippen LogP contribution in [0.3, 0.4) is 0 Å². The molecule has 6 nitrogen and oxygen atoms in total. The Bertz CT molecular complexity index is 576. The summed E-state index contributed by atoms with van der Waals surface area (Å²) in [6, 6.07) is 2.49. The van der Waals surface area contributed by atoms with Gasteiger partial charge in [-0.25, -0.2) is 9.78 Å². The number of nitrogens with one attached hydrogen (secondary N) is 2. The number of piperidine rings is 1. The van der Waals surface area contributed by atoms with Gasteiger partial charge in [-0.3, -0.25) is 0 Å². The molecule has 3 rings (SSSR count). The van der Waals surface area contributed by atoms with Gasteiger partial charge in [-0.15, -0.1) is 0 Å². The molecule has 0 bridgehead atoms. The number of anilines is 2. The van der Waals surface area contributed by atoms with Crippen LogP contribution in [0.1, 0.15) is 25.8 Å². The Hall–Kier alpha value is -1.98. The maximum Gasteiger partial charge on any atom is 0.317 e. The SMILES string of the molecule is CCNC(=O)N1CC[C@@H](C)C(N(C)c2ccnc3c2CCN3)C1. The zero-order chi connectivity index (χ0) is 16.4. The molecule has 6 heteroatoms. The number of fused-ring (bicyclic) bond motifs is 1. The highest BCUT2D eigenvalue weighted by molar-refractivity contribution is 5.74. The van der Waals surface area contributed by atoms with Crippen LogP contribution in [0.5, 0.6) is 0 Å². The van der Waals surface area contributed by atoms with Crippen molar-refractivity contribution >= 4 is 17.5 Å². The molecule has 23 heavy (non-hydrogen) atoms. The van der Waals surface area contributed by atoms with Crippen LogP contribution in [-0.2, 0) is 6.42 Å². The summed E-state index contributed by atoms with van der Waals surface area (Å²) in [5.74, 6) is 1.57. The second kappa shape index (κ2) is 6.64. The van der Waals surface area contributed by atoms with Crippen LogP contribution < -0.4 is 15.5 Å². The van der Waals surface area contributed by atoms with Crippen molar-refractivity contribution in [1.82, 2.24) is 15.2 Å². The van der Waals surface area contributed by atoms with Crippen LogP contribution in [-0.4, -0.2) is 55.2 Å². The van der Waals surface area contributed by atoms with Crippen molar-refractivity contribution in [3.63, 3.8) is 0 Å². The maximum absolute atomic E-state index is 12.2. The maximum atomic E-state index is 12.2. The van der Waals surface area contributed by atoms with Gasteiger partial charge in [0.05, 0.1) is 0 Å². The molecule has 2 N–H and O–H groups in total. The molecule has 3 heterocycles. The molecule has 0 spiro atoms. The summed E-state index contributed by atoms with van der Waals surface area (Å²) in [5, 5.41) is 6.26. The van der Waals surface area contributed by atoms with Crippen molar-refractivity contribution in [3.05, 3.63) is 17.8 Å². The molecule has 1 saturated heterocycles. The summed E-state index contributed by atoms with van der Waals surface area (Å²) in [5.41, 5.74) is 2.55. The van der Waals surface area contributed by atoms with Gasteiger partial charge >= 0.3 is 6.03 Å². The Kier molecular flexibility index (Phi) is 4.59. The zero-order valence-corrected chi connectivity index (χ0v) is 14.3. The Morgan fingerprint density at radius 2 is 2.39 bits per heavy atom. The van der Waals surface area contributed by atoms with Crippen molar-refractivity contribution in [2.45, 2.75) is 32.7 Å². The quantitative estimate of drug-likeness (QED) is 0.894. The monoisotopic (exact) mass is 317 g/mol. The van der Waals surface area contributed by atoms with E-state index in [1.807, 2.05) is 18.0 Å². The minimum absolute atomic E-state index is 0.0550. The van der Waals surface area contributed by atoms with E-state index in [1.165, 1.54) is 11.3 Å². The number of carbonyl (C=O) groups is 1. The normalized spacial score (nSPS) is 23.2. The lowest BCUT2D eigenvalue weighted by molar-refractivity contribution is 0.161. The van der Waals surface area contributed by atoms with E-state index in [1.54, 1.807) is 0 Å². The third-order valence-electron chi connectivity index (χ3n) is 5.11.